The summed E-state index contributed by atoms with van der Waals surface area (Å²) in [5, 5.41) is 8.50. The van der Waals surface area contributed by atoms with Crippen molar-refractivity contribution in [1.29, 1.82) is 0 Å². The number of carboxylic acid groups (broad SMARTS) is 1. The maximum absolute atomic E-state index is 11.9. The summed E-state index contributed by atoms with van der Waals surface area (Å²) in [6, 6.07) is 0. The highest BCUT2D eigenvalue weighted by Crippen LogP contribution is 2.03. The molecule has 110 valence electrons. The third-order valence-corrected chi connectivity index (χ3v) is 3.10. The summed E-state index contributed by atoms with van der Waals surface area (Å²) in [5.41, 5.74) is 0. The van der Waals surface area contributed by atoms with Gasteiger partial charge in [-0.25, -0.2) is 0 Å². The van der Waals surface area contributed by atoms with Gasteiger partial charge in [-0.2, -0.15) is 0 Å². The number of carboxylic acids is 1. The summed E-state index contributed by atoms with van der Waals surface area (Å²) < 4.78 is 4.89. The number of thioether (sulfide) groups is 1. The number of ether oxygens (including phenoxy) is 1. The molecule has 0 aromatic carbocycles. The highest BCUT2D eigenvalue weighted by Gasteiger charge is 2.18. The van der Waals surface area contributed by atoms with Gasteiger partial charge in [-0.05, 0) is 0 Å². The molecule has 8 heteroatoms. The molecule has 0 aliphatic rings. The van der Waals surface area contributed by atoms with Gasteiger partial charge < -0.3 is 19.6 Å². The van der Waals surface area contributed by atoms with Crippen LogP contribution in [0.4, 0.5) is 0 Å². The van der Waals surface area contributed by atoms with Crippen LogP contribution in [0.15, 0.2) is 0 Å². The zero-order valence-electron chi connectivity index (χ0n) is 11.4. The summed E-state index contributed by atoms with van der Waals surface area (Å²) in [4.78, 5) is 36.6. The second kappa shape index (κ2) is 9.62. The summed E-state index contributed by atoms with van der Waals surface area (Å²) >= 11 is 1.01. The van der Waals surface area contributed by atoms with E-state index in [0.29, 0.717) is 13.2 Å². The lowest BCUT2D eigenvalue weighted by atomic mass is 10.4. The van der Waals surface area contributed by atoms with Gasteiger partial charge >= 0.3 is 5.97 Å². The molecule has 0 saturated carbocycles. The van der Waals surface area contributed by atoms with Gasteiger partial charge in [0, 0.05) is 27.7 Å². The van der Waals surface area contributed by atoms with Crippen molar-refractivity contribution in [2.24, 2.45) is 0 Å². The molecular formula is C11H20N2O5S. The van der Waals surface area contributed by atoms with Crippen molar-refractivity contribution in [2.75, 3.05) is 52.4 Å². The number of likely N-dealkylation sites (N-methyl/N-ethyl adjacent to an activating group) is 1. The predicted octanol–water partition coefficient (Wildman–Crippen LogP) is -0.633. The highest BCUT2D eigenvalue weighted by molar-refractivity contribution is 8.00. The van der Waals surface area contributed by atoms with Crippen molar-refractivity contribution in [3.8, 4) is 0 Å². The molecule has 2 amide bonds. The minimum Gasteiger partial charge on any atom is -0.481 e. The van der Waals surface area contributed by atoms with Crippen molar-refractivity contribution in [3.05, 3.63) is 0 Å². The average Bonchev–Trinajstić information content (AvgIpc) is 2.33. The van der Waals surface area contributed by atoms with Gasteiger partial charge in [-0.15, -0.1) is 11.8 Å². The zero-order valence-corrected chi connectivity index (χ0v) is 12.2. The van der Waals surface area contributed by atoms with Crippen molar-refractivity contribution < 1.29 is 24.2 Å². The van der Waals surface area contributed by atoms with Crippen LogP contribution in [-0.2, 0) is 19.1 Å². The van der Waals surface area contributed by atoms with E-state index in [2.05, 4.69) is 0 Å². The summed E-state index contributed by atoms with van der Waals surface area (Å²) in [6.07, 6.45) is 0. The number of rotatable bonds is 9. The largest absolute Gasteiger partial charge is 0.481 e. The van der Waals surface area contributed by atoms with E-state index in [-0.39, 0.29) is 29.9 Å². The summed E-state index contributed by atoms with van der Waals surface area (Å²) in [5.74, 6) is -1.51. The third kappa shape index (κ3) is 8.44. The fourth-order valence-corrected chi connectivity index (χ4v) is 1.75. The average molecular weight is 292 g/mol. The first kappa shape index (κ1) is 17.7. The lowest BCUT2D eigenvalue weighted by Crippen LogP contribution is -2.42. The molecule has 0 aromatic heterocycles. The summed E-state index contributed by atoms with van der Waals surface area (Å²) in [7, 11) is 4.73. The summed E-state index contributed by atoms with van der Waals surface area (Å²) in [6.45, 7) is 0.613. The Morgan fingerprint density at radius 3 is 2.26 bits per heavy atom. The molecule has 19 heavy (non-hydrogen) atoms. The molecule has 7 nitrogen and oxygen atoms in total. The van der Waals surface area contributed by atoms with Crippen molar-refractivity contribution in [3.63, 3.8) is 0 Å². The topological polar surface area (TPSA) is 87.2 Å². The zero-order chi connectivity index (χ0) is 14.8. The van der Waals surface area contributed by atoms with Gasteiger partial charge in [0.05, 0.1) is 24.7 Å². The van der Waals surface area contributed by atoms with E-state index in [1.54, 1.807) is 14.1 Å². The number of nitrogens with zero attached hydrogens (tertiary/aromatic N) is 2. The van der Waals surface area contributed by atoms with Crippen LogP contribution in [0.1, 0.15) is 0 Å². The van der Waals surface area contributed by atoms with Crippen LogP contribution >= 0.6 is 11.8 Å². The molecule has 0 radical (unpaired) electrons. The lowest BCUT2D eigenvalue weighted by Gasteiger charge is -2.23. The van der Waals surface area contributed by atoms with Crippen LogP contribution in [0, 0.1) is 0 Å². The fraction of sp³-hybridized carbons (Fsp3) is 0.727. The van der Waals surface area contributed by atoms with E-state index in [4.69, 9.17) is 9.84 Å². The number of carbonyl (C=O) groups excluding carboxylic acids is 2. The standard InChI is InChI=1S/C11H20N2O5S/c1-12(2)9(14)6-13(4-5-18-3)10(15)7-19-8-11(16)17/h4-8H2,1-3H3,(H,16,17). The van der Waals surface area contributed by atoms with Crippen LogP contribution in [0.3, 0.4) is 0 Å². The fourth-order valence-electron chi connectivity index (χ4n) is 1.12. The minimum absolute atomic E-state index is 0.0250. The van der Waals surface area contributed by atoms with Gasteiger partial charge in [-0.1, -0.05) is 0 Å². The number of methoxy groups -OCH3 is 1. The minimum atomic E-state index is -0.967. The SMILES string of the molecule is COCCN(CC(=O)N(C)C)C(=O)CSCC(=O)O. The number of amides is 2. The normalized spacial score (nSPS) is 10.1. The second-order valence-electron chi connectivity index (χ2n) is 3.98. The maximum Gasteiger partial charge on any atom is 0.313 e. The van der Waals surface area contributed by atoms with E-state index < -0.39 is 5.97 Å². The van der Waals surface area contributed by atoms with Gasteiger partial charge in [-0.3, -0.25) is 14.4 Å². The number of carbonyl (C=O) groups is 3. The maximum atomic E-state index is 11.9. The van der Waals surface area contributed by atoms with E-state index >= 15 is 0 Å². The Labute approximate surface area is 116 Å². The third-order valence-electron chi connectivity index (χ3n) is 2.19. The molecule has 0 aromatic rings. The molecule has 0 unspecified atom stereocenters. The smallest absolute Gasteiger partial charge is 0.313 e. The van der Waals surface area contributed by atoms with E-state index in [0.717, 1.165) is 11.8 Å². The molecule has 0 heterocycles. The number of aliphatic carboxylic acids is 1. The predicted molar refractivity (Wildman–Crippen MR) is 72.1 cm³/mol. The van der Waals surface area contributed by atoms with Crippen LogP contribution in [0.2, 0.25) is 0 Å². The van der Waals surface area contributed by atoms with Gasteiger partial charge in [0.15, 0.2) is 0 Å². The molecule has 0 aliphatic carbocycles. The quantitative estimate of drug-likeness (QED) is 0.609. The molecule has 0 spiro atoms. The van der Waals surface area contributed by atoms with Gasteiger partial charge in [0.2, 0.25) is 11.8 Å². The van der Waals surface area contributed by atoms with E-state index in [1.807, 2.05) is 0 Å². The Morgan fingerprint density at radius 1 is 1.16 bits per heavy atom. The molecule has 0 saturated heterocycles. The van der Waals surface area contributed by atoms with Crippen molar-refractivity contribution >= 4 is 29.5 Å². The first-order valence-electron chi connectivity index (χ1n) is 5.65. The molecule has 1 N–H and O–H groups in total. The molecule has 0 fully saturated rings. The van der Waals surface area contributed by atoms with Crippen LogP contribution in [0.5, 0.6) is 0 Å². The Hall–Kier alpha value is -1.28. The molecule has 0 rings (SSSR count). The van der Waals surface area contributed by atoms with E-state index in [9.17, 15) is 14.4 Å². The number of hydrogen-bond acceptors (Lipinski definition) is 5. The Balaban J connectivity index is 4.34. The lowest BCUT2D eigenvalue weighted by molar-refractivity contribution is -0.138. The van der Waals surface area contributed by atoms with Gasteiger partial charge in [0.25, 0.3) is 0 Å². The van der Waals surface area contributed by atoms with Crippen LogP contribution < -0.4 is 0 Å². The van der Waals surface area contributed by atoms with Crippen LogP contribution in [0.25, 0.3) is 0 Å². The van der Waals surface area contributed by atoms with Crippen molar-refractivity contribution in [1.82, 2.24) is 9.80 Å². The highest BCUT2D eigenvalue weighted by atomic mass is 32.2. The molecular weight excluding hydrogens is 272 g/mol. The Morgan fingerprint density at radius 2 is 1.79 bits per heavy atom. The second-order valence-corrected chi connectivity index (χ2v) is 4.97. The first-order chi connectivity index (χ1) is 8.88. The monoisotopic (exact) mass is 292 g/mol. The Bertz CT molecular complexity index is 322. The number of hydrogen-bond donors (Lipinski definition) is 1. The Kier molecular flexibility index (Phi) is 8.98. The van der Waals surface area contributed by atoms with Crippen molar-refractivity contribution in [2.45, 2.75) is 0 Å². The molecule has 0 bridgehead atoms. The first-order valence-corrected chi connectivity index (χ1v) is 6.80. The van der Waals surface area contributed by atoms with E-state index in [1.165, 1.54) is 16.9 Å². The van der Waals surface area contributed by atoms with Crippen LogP contribution in [-0.4, -0.2) is 85.1 Å². The molecule has 0 atom stereocenters. The van der Waals surface area contributed by atoms with Gasteiger partial charge in [0.1, 0.15) is 0 Å². The molecule has 0 aliphatic heterocycles.